The third-order valence-corrected chi connectivity index (χ3v) is 4.54. The summed E-state index contributed by atoms with van der Waals surface area (Å²) in [6.45, 7) is 1.55. The first kappa shape index (κ1) is 8.72. The van der Waals surface area contributed by atoms with Crippen LogP contribution in [0.25, 0.3) is 0 Å². The molecule has 0 heterocycles. The molecule has 50 valence electrons. The predicted octanol–water partition coefficient (Wildman–Crippen LogP) is 1.34. The summed E-state index contributed by atoms with van der Waals surface area (Å²) >= 11 is 7.93. The molecule has 2 nitrogen and oxygen atoms in total. The van der Waals surface area contributed by atoms with Crippen molar-refractivity contribution in [3.05, 3.63) is 0 Å². The highest BCUT2D eigenvalue weighted by molar-refractivity contribution is 9.11. The molecule has 0 aromatic carbocycles. The molecule has 0 aromatic heterocycles. The van der Waals surface area contributed by atoms with Gasteiger partial charge in [0, 0.05) is 5.75 Å². The summed E-state index contributed by atoms with van der Waals surface area (Å²) in [6, 6.07) is 0. The Balaban J connectivity index is 4.17. The van der Waals surface area contributed by atoms with Crippen molar-refractivity contribution in [2.24, 2.45) is 0 Å². The van der Waals surface area contributed by atoms with Gasteiger partial charge in [0.05, 0.1) is 0 Å². The van der Waals surface area contributed by atoms with Gasteiger partial charge in [-0.25, -0.2) is 8.42 Å². The first-order chi connectivity index (χ1) is 3.50. The molecule has 0 saturated carbocycles. The summed E-state index contributed by atoms with van der Waals surface area (Å²) in [7, 11) is -3.05. The smallest absolute Gasteiger partial charge is 0.189 e. The number of hydrogen-bond acceptors (Lipinski definition) is 2. The summed E-state index contributed by atoms with van der Waals surface area (Å²) in [4.78, 5) is 0. The molecule has 0 fully saturated rings. The van der Waals surface area contributed by atoms with E-state index >= 15 is 0 Å². The van der Waals surface area contributed by atoms with E-state index in [4.69, 9.17) is 11.6 Å². The molecule has 5 heteroatoms. The van der Waals surface area contributed by atoms with Crippen LogP contribution in [-0.2, 0) is 9.84 Å². The van der Waals surface area contributed by atoms with Gasteiger partial charge >= 0.3 is 0 Å². The van der Waals surface area contributed by atoms with Crippen LogP contribution in [0, 0.1) is 0 Å². The Morgan fingerprint density at radius 1 is 1.75 bits per heavy atom. The lowest BCUT2D eigenvalue weighted by molar-refractivity contribution is 0.600. The van der Waals surface area contributed by atoms with Crippen LogP contribution in [0.2, 0.25) is 0 Å². The largest absolute Gasteiger partial charge is 0.226 e. The number of sulfone groups is 1. The third kappa shape index (κ3) is 2.33. The maximum atomic E-state index is 10.5. The van der Waals surface area contributed by atoms with E-state index in [9.17, 15) is 8.42 Å². The van der Waals surface area contributed by atoms with Gasteiger partial charge in [0.15, 0.2) is 13.5 Å². The minimum absolute atomic E-state index is 0.0758. The van der Waals surface area contributed by atoms with Crippen molar-refractivity contribution >= 4 is 37.4 Å². The molecule has 0 bridgehead atoms. The zero-order chi connectivity index (χ0) is 6.78. The van der Waals surface area contributed by atoms with E-state index in [0.717, 1.165) is 0 Å². The highest BCUT2D eigenvalue weighted by atomic mass is 79.9. The summed E-state index contributed by atoms with van der Waals surface area (Å²) in [5.41, 5.74) is 0. The van der Waals surface area contributed by atoms with Crippen LogP contribution in [0.15, 0.2) is 0 Å². The second kappa shape index (κ2) is 3.03. The molecule has 1 atom stereocenters. The van der Waals surface area contributed by atoms with E-state index in [1.54, 1.807) is 6.92 Å². The van der Waals surface area contributed by atoms with E-state index in [1.165, 1.54) is 0 Å². The molecule has 0 amide bonds. The maximum Gasteiger partial charge on any atom is 0.189 e. The lowest BCUT2D eigenvalue weighted by Crippen LogP contribution is -2.10. The van der Waals surface area contributed by atoms with Gasteiger partial charge in [-0.2, -0.15) is 0 Å². The average molecular weight is 222 g/mol. The molecule has 0 N–H and O–H groups in total. The zero-order valence-corrected chi connectivity index (χ0v) is 7.42. The molecule has 0 unspecified atom stereocenters. The predicted molar refractivity (Wildman–Crippen MR) is 38.0 cm³/mol. The van der Waals surface area contributed by atoms with Gasteiger partial charge < -0.3 is 0 Å². The minimum Gasteiger partial charge on any atom is -0.226 e. The van der Waals surface area contributed by atoms with E-state index in [2.05, 4.69) is 15.9 Å². The second-order valence-corrected chi connectivity index (χ2v) is 6.33. The first-order valence-corrected chi connectivity index (χ1v) is 5.07. The lowest BCUT2D eigenvalue weighted by atomic mass is 11.0. The minimum atomic E-state index is -3.05. The maximum absolute atomic E-state index is 10.5. The Hall–Kier alpha value is 0.720. The molecule has 0 aliphatic heterocycles. The van der Waals surface area contributed by atoms with Crippen molar-refractivity contribution in [2.75, 3.05) is 5.75 Å². The molecule has 8 heavy (non-hydrogen) atoms. The van der Waals surface area contributed by atoms with Crippen molar-refractivity contribution in [3.8, 4) is 0 Å². The molecular weight excluding hydrogens is 215 g/mol. The van der Waals surface area contributed by atoms with Crippen LogP contribution >= 0.6 is 27.5 Å². The standard InChI is InChI=1S/C3H6BrClO2S/c1-2-8(6,7)3(4)5/h3H,2H2,1H3/t3-/m1/s1. The summed E-state index contributed by atoms with van der Waals surface area (Å²) in [5.74, 6) is 0.0758. The highest BCUT2D eigenvalue weighted by Gasteiger charge is 2.15. The fourth-order valence-corrected chi connectivity index (χ4v) is 1.55. The molecule has 0 aliphatic carbocycles. The van der Waals surface area contributed by atoms with E-state index in [-0.39, 0.29) is 5.75 Å². The molecular formula is C3H6BrClO2S. The average Bonchev–Trinajstić information content (AvgIpc) is 1.67. The van der Waals surface area contributed by atoms with Gasteiger partial charge in [-0.05, 0) is 0 Å². The van der Waals surface area contributed by atoms with E-state index in [0.29, 0.717) is 0 Å². The Labute approximate surface area is 62.3 Å². The van der Waals surface area contributed by atoms with Crippen LogP contribution in [0.5, 0.6) is 0 Å². The topological polar surface area (TPSA) is 34.1 Å². The van der Waals surface area contributed by atoms with Crippen LogP contribution in [0.1, 0.15) is 6.92 Å². The molecule has 0 rings (SSSR count). The van der Waals surface area contributed by atoms with Gasteiger partial charge in [0.25, 0.3) is 0 Å². The normalized spacial score (nSPS) is 15.9. The number of rotatable bonds is 2. The zero-order valence-electron chi connectivity index (χ0n) is 4.27. The first-order valence-electron chi connectivity index (χ1n) is 2.00. The van der Waals surface area contributed by atoms with E-state index < -0.39 is 13.5 Å². The Morgan fingerprint density at radius 2 is 2.12 bits per heavy atom. The Kier molecular flexibility index (Phi) is 3.31. The number of hydrogen-bond donors (Lipinski definition) is 0. The summed E-state index contributed by atoms with van der Waals surface area (Å²) in [5, 5.41) is 0. The van der Waals surface area contributed by atoms with Crippen LogP contribution in [0.4, 0.5) is 0 Å². The molecule has 0 aliphatic rings. The third-order valence-electron chi connectivity index (χ3n) is 0.674. The lowest BCUT2D eigenvalue weighted by Gasteiger charge is -1.97. The summed E-state index contributed by atoms with van der Waals surface area (Å²) in [6.07, 6.45) is 0. The van der Waals surface area contributed by atoms with Crippen molar-refractivity contribution in [3.63, 3.8) is 0 Å². The number of alkyl halides is 2. The molecule has 0 aromatic rings. The van der Waals surface area contributed by atoms with Crippen molar-refractivity contribution in [1.82, 2.24) is 0 Å². The second-order valence-electron chi connectivity index (χ2n) is 1.21. The van der Waals surface area contributed by atoms with Crippen molar-refractivity contribution in [2.45, 2.75) is 10.5 Å². The quantitative estimate of drug-likeness (QED) is 0.660. The Bertz CT molecular complexity index is 151. The van der Waals surface area contributed by atoms with Crippen molar-refractivity contribution < 1.29 is 8.42 Å². The van der Waals surface area contributed by atoms with Crippen LogP contribution < -0.4 is 0 Å². The monoisotopic (exact) mass is 220 g/mol. The molecule has 0 saturated heterocycles. The van der Waals surface area contributed by atoms with Gasteiger partial charge in [0.1, 0.15) is 0 Å². The van der Waals surface area contributed by atoms with Gasteiger partial charge in [-0.3, -0.25) is 0 Å². The van der Waals surface area contributed by atoms with E-state index in [1.807, 2.05) is 0 Å². The fraction of sp³-hybridized carbons (Fsp3) is 1.00. The van der Waals surface area contributed by atoms with Gasteiger partial charge in [-0.1, -0.05) is 34.5 Å². The van der Waals surface area contributed by atoms with Crippen LogP contribution in [-0.4, -0.2) is 17.8 Å². The van der Waals surface area contributed by atoms with Gasteiger partial charge in [-0.15, -0.1) is 0 Å². The number of halogens is 2. The highest BCUT2D eigenvalue weighted by Crippen LogP contribution is 2.13. The van der Waals surface area contributed by atoms with Crippen LogP contribution in [0.3, 0.4) is 0 Å². The molecule has 0 spiro atoms. The molecule has 0 radical (unpaired) electrons. The SMILES string of the molecule is CCS(=O)(=O)[C@@H](Cl)Br. The van der Waals surface area contributed by atoms with Crippen molar-refractivity contribution in [1.29, 1.82) is 0 Å². The summed E-state index contributed by atoms with van der Waals surface area (Å²) < 4.78 is 20.1. The fourth-order valence-electron chi connectivity index (χ4n) is 0.126. The van der Waals surface area contributed by atoms with Gasteiger partial charge in [0.2, 0.25) is 0 Å². The Morgan fingerprint density at radius 3 is 2.12 bits per heavy atom.